The van der Waals surface area contributed by atoms with Crippen LogP contribution < -0.4 is 0 Å². The fourth-order valence-electron chi connectivity index (χ4n) is 2.11. The first kappa shape index (κ1) is 10.4. The molecule has 1 aliphatic rings. The Morgan fingerprint density at radius 2 is 2.25 bits per heavy atom. The number of benzene rings is 1. The van der Waals surface area contributed by atoms with Crippen molar-refractivity contribution >= 4 is 34.9 Å². The first-order valence-electron chi connectivity index (χ1n) is 5.63. The number of nitrogens with one attached hydrogen (secondary N) is 1. The van der Waals surface area contributed by atoms with Crippen molar-refractivity contribution in [3.63, 3.8) is 0 Å². The van der Waals surface area contributed by atoms with Crippen molar-refractivity contribution in [1.82, 2.24) is 9.55 Å². The summed E-state index contributed by atoms with van der Waals surface area (Å²) in [5, 5.41) is 0.778. The summed E-state index contributed by atoms with van der Waals surface area (Å²) in [5.74, 6) is 0.911. The van der Waals surface area contributed by atoms with E-state index in [4.69, 9.17) is 23.8 Å². The summed E-state index contributed by atoms with van der Waals surface area (Å²) >= 11 is 11.6. The highest BCUT2D eigenvalue weighted by atomic mass is 35.5. The third-order valence-corrected chi connectivity index (χ3v) is 3.83. The second-order valence-corrected chi connectivity index (χ2v) is 5.24. The Morgan fingerprint density at radius 1 is 1.44 bits per heavy atom. The van der Waals surface area contributed by atoms with Gasteiger partial charge in [0.15, 0.2) is 4.77 Å². The topological polar surface area (TPSA) is 20.7 Å². The SMILES string of the molecule is S=c1[nH]c2cccc(Cl)c2n1CCC1CC1. The third kappa shape index (κ3) is 1.78. The number of aromatic amines is 1. The second kappa shape index (κ2) is 3.90. The van der Waals surface area contributed by atoms with Crippen LogP contribution in [-0.2, 0) is 6.54 Å². The van der Waals surface area contributed by atoms with Crippen molar-refractivity contribution in [3.05, 3.63) is 28.0 Å². The Balaban J connectivity index is 2.06. The fraction of sp³-hybridized carbons (Fsp3) is 0.417. The molecule has 0 amide bonds. The van der Waals surface area contributed by atoms with Crippen molar-refractivity contribution in [1.29, 1.82) is 0 Å². The number of aryl methyl sites for hydroxylation is 1. The van der Waals surface area contributed by atoms with Gasteiger partial charge in [-0.3, -0.25) is 0 Å². The molecule has 2 aromatic rings. The number of rotatable bonds is 3. The van der Waals surface area contributed by atoms with Crippen molar-refractivity contribution in [2.24, 2.45) is 5.92 Å². The number of imidazole rings is 1. The van der Waals surface area contributed by atoms with Crippen molar-refractivity contribution in [3.8, 4) is 0 Å². The maximum Gasteiger partial charge on any atom is 0.178 e. The number of fused-ring (bicyclic) bond motifs is 1. The summed E-state index contributed by atoms with van der Waals surface area (Å²) in [5.41, 5.74) is 2.09. The molecule has 1 heterocycles. The normalized spacial score (nSPS) is 15.8. The van der Waals surface area contributed by atoms with E-state index >= 15 is 0 Å². The standard InChI is InChI=1S/C12H13ClN2S/c13-9-2-1-3-10-11(9)15(12(16)14-10)7-6-8-4-5-8/h1-3,8H,4-7H2,(H,14,16). The van der Waals surface area contributed by atoms with E-state index in [-0.39, 0.29) is 0 Å². The van der Waals surface area contributed by atoms with Crippen LogP contribution in [0.3, 0.4) is 0 Å². The highest BCUT2D eigenvalue weighted by Gasteiger charge is 2.21. The molecular weight excluding hydrogens is 240 g/mol. The number of nitrogens with zero attached hydrogens (tertiary/aromatic N) is 1. The Hall–Kier alpha value is -0.800. The number of aromatic nitrogens is 2. The van der Waals surface area contributed by atoms with Gasteiger partial charge in [0, 0.05) is 6.54 Å². The van der Waals surface area contributed by atoms with Gasteiger partial charge in [-0.25, -0.2) is 0 Å². The van der Waals surface area contributed by atoms with Gasteiger partial charge in [-0.05, 0) is 36.7 Å². The van der Waals surface area contributed by atoms with Gasteiger partial charge in [-0.15, -0.1) is 0 Å². The smallest absolute Gasteiger partial charge is 0.178 e. The van der Waals surface area contributed by atoms with Gasteiger partial charge in [-0.2, -0.15) is 0 Å². The Kier molecular flexibility index (Phi) is 2.52. The van der Waals surface area contributed by atoms with E-state index in [9.17, 15) is 0 Å². The lowest BCUT2D eigenvalue weighted by Crippen LogP contribution is -1.99. The van der Waals surface area contributed by atoms with Crippen LogP contribution in [-0.4, -0.2) is 9.55 Å². The molecule has 0 bridgehead atoms. The number of hydrogen-bond donors (Lipinski definition) is 1. The third-order valence-electron chi connectivity index (χ3n) is 3.20. The van der Waals surface area contributed by atoms with Crippen LogP contribution in [0.1, 0.15) is 19.3 Å². The molecule has 1 aromatic heterocycles. The molecule has 0 spiro atoms. The van der Waals surface area contributed by atoms with E-state index < -0.39 is 0 Å². The molecule has 1 saturated carbocycles. The number of H-pyrrole nitrogens is 1. The lowest BCUT2D eigenvalue weighted by atomic mass is 10.2. The van der Waals surface area contributed by atoms with Gasteiger partial charge < -0.3 is 9.55 Å². The number of para-hydroxylation sites is 1. The van der Waals surface area contributed by atoms with Crippen molar-refractivity contribution in [2.45, 2.75) is 25.8 Å². The van der Waals surface area contributed by atoms with E-state index in [1.165, 1.54) is 19.3 Å². The molecule has 1 N–H and O–H groups in total. The van der Waals surface area contributed by atoms with Gasteiger partial charge in [0.25, 0.3) is 0 Å². The van der Waals surface area contributed by atoms with Crippen molar-refractivity contribution < 1.29 is 0 Å². The Morgan fingerprint density at radius 3 is 3.00 bits per heavy atom. The van der Waals surface area contributed by atoms with Crippen LogP contribution in [0.15, 0.2) is 18.2 Å². The van der Waals surface area contributed by atoms with E-state index in [2.05, 4.69) is 9.55 Å². The Bertz CT molecular complexity index is 580. The lowest BCUT2D eigenvalue weighted by molar-refractivity contribution is 0.603. The fourth-order valence-corrected chi connectivity index (χ4v) is 2.68. The molecule has 1 aromatic carbocycles. The Labute approximate surface area is 104 Å². The zero-order valence-electron chi connectivity index (χ0n) is 8.87. The molecule has 1 fully saturated rings. The minimum absolute atomic E-state index is 0.778. The quantitative estimate of drug-likeness (QED) is 0.814. The molecule has 0 saturated heterocycles. The predicted molar refractivity (Wildman–Crippen MR) is 69.5 cm³/mol. The molecule has 0 unspecified atom stereocenters. The summed E-state index contributed by atoms with van der Waals surface area (Å²) in [7, 11) is 0. The number of hydrogen-bond acceptors (Lipinski definition) is 1. The molecule has 1 aliphatic carbocycles. The van der Waals surface area contributed by atoms with Crippen molar-refractivity contribution in [2.75, 3.05) is 0 Å². The summed E-state index contributed by atoms with van der Waals surface area (Å²) in [6, 6.07) is 5.88. The summed E-state index contributed by atoms with van der Waals surface area (Å²) in [6.45, 7) is 0.979. The first-order valence-corrected chi connectivity index (χ1v) is 6.41. The zero-order chi connectivity index (χ0) is 11.1. The minimum Gasteiger partial charge on any atom is -0.331 e. The highest BCUT2D eigenvalue weighted by molar-refractivity contribution is 7.71. The van der Waals surface area contributed by atoms with Gasteiger partial charge in [0.2, 0.25) is 0 Å². The monoisotopic (exact) mass is 252 g/mol. The molecule has 4 heteroatoms. The summed E-state index contributed by atoms with van der Waals surface area (Å²) < 4.78 is 2.91. The van der Waals surface area contributed by atoms with Gasteiger partial charge in [0.05, 0.1) is 16.1 Å². The summed E-state index contributed by atoms with van der Waals surface area (Å²) in [6.07, 6.45) is 3.97. The molecule has 84 valence electrons. The average molecular weight is 253 g/mol. The van der Waals surface area contributed by atoms with Crippen LogP contribution in [0.25, 0.3) is 11.0 Å². The van der Waals surface area contributed by atoms with Gasteiger partial charge in [-0.1, -0.05) is 30.5 Å². The van der Waals surface area contributed by atoms with E-state index in [1.807, 2.05) is 18.2 Å². The van der Waals surface area contributed by atoms with Crippen LogP contribution in [0.2, 0.25) is 5.02 Å². The van der Waals surface area contributed by atoms with Crippen LogP contribution >= 0.6 is 23.8 Å². The molecular formula is C12H13ClN2S. The van der Waals surface area contributed by atoms with E-state index in [1.54, 1.807) is 0 Å². The molecule has 16 heavy (non-hydrogen) atoms. The van der Waals surface area contributed by atoms with Crippen LogP contribution in [0, 0.1) is 10.7 Å². The average Bonchev–Trinajstić information content (AvgIpc) is 3.00. The van der Waals surface area contributed by atoms with Gasteiger partial charge in [0.1, 0.15) is 0 Å². The van der Waals surface area contributed by atoms with Gasteiger partial charge >= 0.3 is 0 Å². The minimum atomic E-state index is 0.778. The van der Waals surface area contributed by atoms with Crippen LogP contribution in [0.5, 0.6) is 0 Å². The number of halogens is 1. The molecule has 2 nitrogen and oxygen atoms in total. The molecule has 0 radical (unpaired) electrons. The van der Waals surface area contributed by atoms with E-state index in [0.717, 1.165) is 33.3 Å². The maximum absolute atomic E-state index is 6.22. The second-order valence-electron chi connectivity index (χ2n) is 4.45. The predicted octanol–water partition coefficient (Wildman–Crippen LogP) is 4.15. The molecule has 0 atom stereocenters. The lowest BCUT2D eigenvalue weighted by Gasteiger charge is -2.04. The molecule has 3 rings (SSSR count). The van der Waals surface area contributed by atoms with E-state index in [0.29, 0.717) is 0 Å². The first-order chi connectivity index (χ1) is 7.75. The summed E-state index contributed by atoms with van der Waals surface area (Å²) in [4.78, 5) is 3.21. The zero-order valence-corrected chi connectivity index (χ0v) is 10.4. The molecule has 0 aliphatic heterocycles. The largest absolute Gasteiger partial charge is 0.331 e. The highest BCUT2D eigenvalue weighted by Crippen LogP contribution is 2.33. The maximum atomic E-state index is 6.22. The van der Waals surface area contributed by atoms with Crippen LogP contribution in [0.4, 0.5) is 0 Å².